The highest BCUT2D eigenvalue weighted by molar-refractivity contribution is 5.76. The molecule has 1 amide bonds. The minimum Gasteiger partial charge on any atom is -0.466 e. The molecular weight excluding hydrogens is 1020 g/mol. The Bertz CT molecular complexity index is 1260. The summed E-state index contributed by atoms with van der Waals surface area (Å²) in [6.45, 7) is 4.96. The predicted molar refractivity (Wildman–Crippen MR) is 366 cm³/mol. The van der Waals surface area contributed by atoms with Crippen LogP contribution in [0.15, 0.2) is 12.2 Å². The van der Waals surface area contributed by atoms with Gasteiger partial charge in [0.25, 0.3) is 0 Å². The molecule has 83 heavy (non-hydrogen) atoms. The van der Waals surface area contributed by atoms with Gasteiger partial charge in [0, 0.05) is 12.8 Å². The van der Waals surface area contributed by atoms with Crippen LogP contribution in [0.5, 0.6) is 0 Å². The Balaban J connectivity index is 3.37. The number of hydrogen-bond acceptors (Lipinski definition) is 5. The molecule has 6 heteroatoms. The number of amides is 1. The topological polar surface area (TPSA) is 95.9 Å². The van der Waals surface area contributed by atoms with Crippen molar-refractivity contribution in [3.8, 4) is 0 Å². The Morgan fingerprint density at radius 2 is 0.554 bits per heavy atom. The van der Waals surface area contributed by atoms with Crippen molar-refractivity contribution in [2.75, 3.05) is 13.2 Å². The third kappa shape index (κ3) is 69.6. The van der Waals surface area contributed by atoms with Crippen LogP contribution < -0.4 is 5.32 Å². The molecule has 0 aliphatic heterocycles. The molecule has 0 saturated carbocycles. The normalized spacial score (nSPS) is 12.5. The molecule has 0 rings (SSSR count). The second-order valence-corrected chi connectivity index (χ2v) is 26.7. The van der Waals surface area contributed by atoms with E-state index in [0.29, 0.717) is 19.4 Å². The molecule has 0 heterocycles. The maximum Gasteiger partial charge on any atom is 0.305 e. The summed E-state index contributed by atoms with van der Waals surface area (Å²) in [5, 5.41) is 23.3. The number of carbonyl (C=O) groups excluding carboxylic acids is 2. The van der Waals surface area contributed by atoms with Crippen LogP contribution in [0, 0.1) is 0 Å². The van der Waals surface area contributed by atoms with Crippen LogP contribution in [0.4, 0.5) is 0 Å². The first-order valence-corrected chi connectivity index (χ1v) is 38.5. The van der Waals surface area contributed by atoms with E-state index in [9.17, 15) is 19.8 Å². The minimum atomic E-state index is -0.844. The van der Waals surface area contributed by atoms with Crippen LogP contribution in [0.3, 0.4) is 0 Å². The van der Waals surface area contributed by atoms with Crippen molar-refractivity contribution in [3.05, 3.63) is 12.2 Å². The standard InChI is InChI=1S/C77H151NO5/c1-3-5-7-9-11-13-15-17-19-21-22-23-24-28-31-34-38-41-45-49-53-57-61-65-69-75(80)74(73-79)78-76(81)70-66-62-58-54-50-46-42-39-35-32-29-26-25-27-30-33-36-40-44-48-52-56-60-64-68-72-83-77(82)71-67-63-59-55-51-47-43-37-20-18-16-14-12-10-8-6-4-2/h65,69,74-75,79-80H,3-64,66-68,70-73H2,1-2H3,(H,78,81)/b69-65+. The summed E-state index contributed by atoms with van der Waals surface area (Å²) in [5.74, 6) is -0.0393. The lowest BCUT2D eigenvalue weighted by Gasteiger charge is -2.20. The van der Waals surface area contributed by atoms with E-state index in [1.807, 2.05) is 6.08 Å². The van der Waals surface area contributed by atoms with Crippen molar-refractivity contribution < 1.29 is 24.5 Å². The summed E-state index contributed by atoms with van der Waals surface area (Å²) < 4.78 is 5.51. The quantitative estimate of drug-likeness (QED) is 0.0320. The zero-order valence-electron chi connectivity index (χ0n) is 56.7. The third-order valence-corrected chi connectivity index (χ3v) is 18.3. The average Bonchev–Trinajstić information content (AvgIpc) is 3.49. The van der Waals surface area contributed by atoms with Gasteiger partial charge >= 0.3 is 5.97 Å². The van der Waals surface area contributed by atoms with Crippen LogP contribution in [0.2, 0.25) is 0 Å². The van der Waals surface area contributed by atoms with Gasteiger partial charge in [0.05, 0.1) is 25.4 Å². The number of ether oxygens (including phenoxy) is 1. The SMILES string of the molecule is CCCCCCCCCCCCCCCCCCCCCCCC/C=C/C(O)C(CO)NC(=O)CCCCCCCCCCCCCCCCCCCCCCCCCCCOC(=O)CCCCCCCCCCCCCCCCCCC. The molecule has 0 radical (unpaired) electrons. The van der Waals surface area contributed by atoms with Gasteiger partial charge in [-0.15, -0.1) is 0 Å². The van der Waals surface area contributed by atoms with Gasteiger partial charge in [0.1, 0.15) is 0 Å². The molecule has 2 unspecified atom stereocenters. The fourth-order valence-electron chi connectivity index (χ4n) is 12.5. The minimum absolute atomic E-state index is 0.0213. The highest BCUT2D eigenvalue weighted by Gasteiger charge is 2.18. The molecule has 6 nitrogen and oxygen atoms in total. The predicted octanol–water partition coefficient (Wildman–Crippen LogP) is 25.1. The molecule has 494 valence electrons. The molecular formula is C77H151NO5. The second kappa shape index (κ2) is 73.1. The number of rotatable bonds is 73. The molecule has 0 aliphatic carbocycles. The Morgan fingerprint density at radius 1 is 0.325 bits per heavy atom. The summed E-state index contributed by atoms with van der Waals surface area (Å²) in [5.41, 5.74) is 0. The van der Waals surface area contributed by atoms with Crippen LogP contribution in [-0.2, 0) is 14.3 Å². The Morgan fingerprint density at radius 3 is 0.819 bits per heavy atom. The third-order valence-electron chi connectivity index (χ3n) is 18.3. The maximum absolute atomic E-state index is 12.5. The fraction of sp³-hybridized carbons (Fsp3) is 0.948. The zero-order chi connectivity index (χ0) is 59.9. The highest BCUT2D eigenvalue weighted by atomic mass is 16.5. The number of hydrogen-bond donors (Lipinski definition) is 3. The van der Waals surface area contributed by atoms with E-state index in [0.717, 1.165) is 38.5 Å². The molecule has 0 aromatic rings. The summed E-state index contributed by atoms with van der Waals surface area (Å²) in [7, 11) is 0. The van der Waals surface area contributed by atoms with Gasteiger partial charge in [-0.05, 0) is 32.1 Å². The van der Waals surface area contributed by atoms with E-state index >= 15 is 0 Å². The van der Waals surface area contributed by atoms with Gasteiger partial charge in [-0.3, -0.25) is 9.59 Å². The maximum atomic E-state index is 12.5. The lowest BCUT2D eigenvalue weighted by atomic mass is 10.0. The summed E-state index contributed by atoms with van der Waals surface area (Å²) in [6, 6.07) is -0.627. The molecule has 0 aromatic heterocycles. The lowest BCUT2D eigenvalue weighted by Crippen LogP contribution is -2.45. The van der Waals surface area contributed by atoms with Crippen molar-refractivity contribution >= 4 is 11.9 Å². The first kappa shape index (κ1) is 81.6. The van der Waals surface area contributed by atoms with E-state index < -0.39 is 12.1 Å². The molecule has 0 fully saturated rings. The smallest absolute Gasteiger partial charge is 0.305 e. The first-order chi connectivity index (χ1) is 41.0. The van der Waals surface area contributed by atoms with Crippen molar-refractivity contribution in [1.82, 2.24) is 5.32 Å². The van der Waals surface area contributed by atoms with Crippen LogP contribution >= 0.6 is 0 Å². The second-order valence-electron chi connectivity index (χ2n) is 26.7. The summed E-state index contributed by atoms with van der Waals surface area (Å²) >= 11 is 0. The number of carbonyl (C=O) groups is 2. The number of esters is 1. The van der Waals surface area contributed by atoms with Gasteiger partial charge < -0.3 is 20.3 Å². The molecule has 2 atom stereocenters. The molecule has 0 spiro atoms. The monoisotopic (exact) mass is 1170 g/mol. The summed E-state index contributed by atoms with van der Waals surface area (Å²) in [6.07, 6.45) is 91.7. The Kier molecular flexibility index (Phi) is 71.8. The van der Waals surface area contributed by atoms with E-state index in [-0.39, 0.29) is 18.5 Å². The fourth-order valence-corrected chi connectivity index (χ4v) is 12.5. The molecule has 0 aromatic carbocycles. The molecule has 3 N–H and O–H groups in total. The van der Waals surface area contributed by atoms with Gasteiger partial charge in [0.15, 0.2) is 0 Å². The van der Waals surface area contributed by atoms with E-state index in [1.165, 1.54) is 379 Å². The van der Waals surface area contributed by atoms with Crippen molar-refractivity contribution in [2.45, 2.75) is 456 Å². The van der Waals surface area contributed by atoms with Crippen molar-refractivity contribution in [2.24, 2.45) is 0 Å². The summed E-state index contributed by atoms with van der Waals surface area (Å²) in [4.78, 5) is 24.7. The number of aliphatic hydroxyl groups is 2. The average molecular weight is 1170 g/mol. The van der Waals surface area contributed by atoms with Crippen LogP contribution in [0.1, 0.15) is 444 Å². The van der Waals surface area contributed by atoms with Gasteiger partial charge in [-0.25, -0.2) is 0 Å². The highest BCUT2D eigenvalue weighted by Crippen LogP contribution is 2.20. The van der Waals surface area contributed by atoms with E-state index in [4.69, 9.17) is 4.74 Å². The van der Waals surface area contributed by atoms with Crippen molar-refractivity contribution in [1.29, 1.82) is 0 Å². The lowest BCUT2D eigenvalue weighted by molar-refractivity contribution is -0.143. The molecule has 0 aliphatic rings. The number of nitrogens with one attached hydrogen (secondary N) is 1. The molecule has 0 bridgehead atoms. The van der Waals surface area contributed by atoms with Crippen molar-refractivity contribution in [3.63, 3.8) is 0 Å². The van der Waals surface area contributed by atoms with E-state index in [2.05, 4.69) is 19.2 Å². The van der Waals surface area contributed by atoms with Crippen LogP contribution in [-0.4, -0.2) is 47.4 Å². The largest absolute Gasteiger partial charge is 0.466 e. The van der Waals surface area contributed by atoms with Gasteiger partial charge in [-0.1, -0.05) is 411 Å². The Hall–Kier alpha value is -1.40. The zero-order valence-corrected chi connectivity index (χ0v) is 56.7. The Labute approximate surface area is 520 Å². The first-order valence-electron chi connectivity index (χ1n) is 38.5. The number of allylic oxidation sites excluding steroid dienone is 1. The van der Waals surface area contributed by atoms with Gasteiger partial charge in [-0.2, -0.15) is 0 Å². The molecule has 0 saturated heterocycles. The number of unbranched alkanes of at least 4 members (excludes halogenated alkanes) is 62. The number of aliphatic hydroxyl groups excluding tert-OH is 2. The van der Waals surface area contributed by atoms with E-state index in [1.54, 1.807) is 6.08 Å². The van der Waals surface area contributed by atoms with Gasteiger partial charge in [0.2, 0.25) is 5.91 Å². The van der Waals surface area contributed by atoms with Crippen LogP contribution in [0.25, 0.3) is 0 Å².